The van der Waals surface area contributed by atoms with Crippen molar-refractivity contribution in [2.45, 2.75) is 45.2 Å². The Morgan fingerprint density at radius 3 is 2.00 bits per heavy atom. The molecular formula is C24H36N4O8. The number of carboxylic acid groups (broad SMARTS) is 2. The summed E-state index contributed by atoms with van der Waals surface area (Å²) in [6, 6.07) is 12.4. The molecule has 0 radical (unpaired) electrons. The van der Waals surface area contributed by atoms with E-state index in [2.05, 4.69) is 0 Å². The Morgan fingerprint density at radius 1 is 1.08 bits per heavy atom. The summed E-state index contributed by atoms with van der Waals surface area (Å²) < 4.78 is 5.06. The van der Waals surface area contributed by atoms with Gasteiger partial charge in [0.05, 0.1) is 12.0 Å². The van der Waals surface area contributed by atoms with Crippen LogP contribution in [0.5, 0.6) is 5.75 Å². The van der Waals surface area contributed by atoms with E-state index in [0.717, 1.165) is 24.2 Å². The van der Waals surface area contributed by atoms with E-state index in [1.165, 1.54) is 24.3 Å². The summed E-state index contributed by atoms with van der Waals surface area (Å²) in [5, 5.41) is 26.2. The molecule has 12 nitrogen and oxygen atoms in total. The number of nitro benzene ring substituents is 1. The van der Waals surface area contributed by atoms with Gasteiger partial charge in [-0.2, -0.15) is 0 Å². The fourth-order valence-electron chi connectivity index (χ4n) is 2.18. The molecule has 2 rings (SSSR count). The number of carbonyl (C=O) groups is 3. The number of nitro groups is 1. The molecule has 200 valence electrons. The van der Waals surface area contributed by atoms with E-state index >= 15 is 0 Å². The molecule has 0 saturated heterocycles. The molecule has 0 aromatic heterocycles. The van der Waals surface area contributed by atoms with Crippen molar-refractivity contribution in [2.24, 2.45) is 17.2 Å². The van der Waals surface area contributed by atoms with Crippen LogP contribution in [0, 0.1) is 10.1 Å². The van der Waals surface area contributed by atoms with E-state index in [9.17, 15) is 24.5 Å². The van der Waals surface area contributed by atoms with Gasteiger partial charge in [0, 0.05) is 36.2 Å². The quantitative estimate of drug-likeness (QED) is 0.136. The minimum Gasteiger partial charge on any atom is -0.496 e. The Hall–Kier alpha value is -3.87. The molecule has 0 unspecified atom stereocenters. The van der Waals surface area contributed by atoms with Crippen molar-refractivity contribution in [3.05, 3.63) is 69.8 Å². The third kappa shape index (κ3) is 17.6. The number of ether oxygens (including phenoxy) is 1. The van der Waals surface area contributed by atoms with Crippen molar-refractivity contribution in [3.63, 3.8) is 0 Å². The first-order valence-electron chi connectivity index (χ1n) is 11.0. The second kappa shape index (κ2) is 21.6. The normalized spacial score (nSPS) is 10.0. The molecule has 0 aliphatic carbocycles. The van der Waals surface area contributed by atoms with E-state index in [-0.39, 0.29) is 12.1 Å². The Labute approximate surface area is 210 Å². The summed E-state index contributed by atoms with van der Waals surface area (Å²) in [5.41, 5.74) is 17.3. The first kappa shape index (κ1) is 34.3. The van der Waals surface area contributed by atoms with Crippen LogP contribution in [0.15, 0.2) is 48.5 Å². The Bertz CT molecular complexity index is 884. The summed E-state index contributed by atoms with van der Waals surface area (Å²) in [6.07, 6.45) is 3.03. The Morgan fingerprint density at radius 2 is 1.64 bits per heavy atom. The van der Waals surface area contributed by atoms with Gasteiger partial charge < -0.3 is 32.2 Å². The van der Waals surface area contributed by atoms with Crippen molar-refractivity contribution in [1.82, 2.24) is 0 Å². The van der Waals surface area contributed by atoms with Crippen molar-refractivity contribution in [2.75, 3.05) is 13.7 Å². The Balaban J connectivity index is 0. The standard InChI is InChI=1S/C8H11NO.C7H5NO3.C6H14N2O2.C3H6O2/c1-10-8-5-3-2-4-7(8)6-9;9-5-6-1-3-7(4-2-6)8(10)11;7-4-2-1-3-5(8)6(9)10;1-2-3(4)5/h2-5H,6,9H2,1H3;1-5H;5H,1-4,7-8H2,(H,9,10);2H2,1H3,(H,4,5)/t;;5-;/m..0./s1. The third-order valence-corrected chi connectivity index (χ3v) is 4.24. The molecule has 0 amide bonds. The largest absolute Gasteiger partial charge is 0.496 e. The smallest absolute Gasteiger partial charge is 0.320 e. The number of methoxy groups -OCH3 is 1. The monoisotopic (exact) mass is 508 g/mol. The molecule has 0 aliphatic heterocycles. The fraction of sp³-hybridized carbons (Fsp3) is 0.375. The predicted octanol–water partition coefficient (Wildman–Crippen LogP) is 2.57. The van der Waals surface area contributed by atoms with Gasteiger partial charge in [-0.1, -0.05) is 31.5 Å². The molecule has 1 atom stereocenters. The number of para-hydroxylation sites is 1. The minimum absolute atomic E-state index is 0.00407. The number of non-ortho nitro benzene ring substituents is 1. The van der Waals surface area contributed by atoms with Crippen LogP contribution in [0.3, 0.4) is 0 Å². The van der Waals surface area contributed by atoms with Gasteiger partial charge in [-0.15, -0.1) is 0 Å². The van der Waals surface area contributed by atoms with Gasteiger partial charge in [0.2, 0.25) is 0 Å². The highest BCUT2D eigenvalue weighted by atomic mass is 16.6. The summed E-state index contributed by atoms with van der Waals surface area (Å²) in [4.78, 5) is 39.2. The second-order valence-corrected chi connectivity index (χ2v) is 6.96. The van der Waals surface area contributed by atoms with Gasteiger partial charge in [-0.3, -0.25) is 24.5 Å². The molecule has 0 fully saturated rings. The lowest BCUT2D eigenvalue weighted by atomic mass is 10.1. The lowest BCUT2D eigenvalue weighted by molar-refractivity contribution is -0.384. The van der Waals surface area contributed by atoms with Gasteiger partial charge >= 0.3 is 11.9 Å². The number of aldehydes is 1. The second-order valence-electron chi connectivity index (χ2n) is 6.96. The molecule has 8 N–H and O–H groups in total. The van der Waals surface area contributed by atoms with Crippen LogP contribution >= 0.6 is 0 Å². The molecule has 2 aromatic rings. The van der Waals surface area contributed by atoms with E-state index in [1.54, 1.807) is 14.0 Å². The van der Waals surface area contributed by atoms with Gasteiger partial charge in [0.15, 0.2) is 0 Å². The molecule has 12 heteroatoms. The van der Waals surface area contributed by atoms with Crippen LogP contribution in [-0.2, 0) is 16.1 Å². The van der Waals surface area contributed by atoms with Crippen LogP contribution < -0.4 is 21.9 Å². The number of unbranched alkanes of at least 4 members (excludes halogenated alkanes) is 1. The first-order valence-corrected chi connectivity index (χ1v) is 11.0. The van der Waals surface area contributed by atoms with Gasteiger partial charge in [0.1, 0.15) is 18.1 Å². The highest BCUT2D eigenvalue weighted by Gasteiger charge is 2.09. The number of carboxylic acids is 2. The zero-order valence-electron chi connectivity index (χ0n) is 20.5. The molecular weight excluding hydrogens is 472 g/mol. The maximum Gasteiger partial charge on any atom is 0.320 e. The molecule has 36 heavy (non-hydrogen) atoms. The van der Waals surface area contributed by atoms with Crippen LogP contribution in [0.1, 0.15) is 48.5 Å². The maximum atomic E-state index is 10.1. The molecule has 0 bridgehead atoms. The van der Waals surface area contributed by atoms with E-state index in [0.29, 0.717) is 31.4 Å². The van der Waals surface area contributed by atoms with Crippen LogP contribution in [0.25, 0.3) is 0 Å². The number of hydrogen-bond acceptors (Lipinski definition) is 9. The number of hydrogen-bond donors (Lipinski definition) is 5. The summed E-state index contributed by atoms with van der Waals surface area (Å²) in [7, 11) is 1.65. The van der Waals surface area contributed by atoms with Crippen molar-refractivity contribution in [3.8, 4) is 5.75 Å². The summed E-state index contributed by atoms with van der Waals surface area (Å²) in [5.74, 6) is -0.813. The van der Waals surface area contributed by atoms with Crippen LogP contribution in [0.2, 0.25) is 0 Å². The van der Waals surface area contributed by atoms with Gasteiger partial charge in [0.25, 0.3) is 5.69 Å². The lowest BCUT2D eigenvalue weighted by Gasteiger charge is -2.03. The lowest BCUT2D eigenvalue weighted by Crippen LogP contribution is -2.29. The zero-order chi connectivity index (χ0) is 27.9. The number of carbonyl (C=O) groups excluding carboxylic acids is 1. The van der Waals surface area contributed by atoms with Crippen LogP contribution in [-0.4, -0.2) is 53.1 Å². The average Bonchev–Trinajstić information content (AvgIpc) is 2.89. The molecule has 2 aromatic carbocycles. The highest BCUT2D eigenvalue weighted by Crippen LogP contribution is 2.15. The van der Waals surface area contributed by atoms with Crippen molar-refractivity contribution in [1.29, 1.82) is 0 Å². The number of nitrogens with zero attached hydrogens (tertiary/aromatic N) is 1. The van der Waals surface area contributed by atoms with Crippen LogP contribution in [0.4, 0.5) is 5.69 Å². The maximum absolute atomic E-state index is 10.1. The van der Waals surface area contributed by atoms with E-state index in [1.807, 2.05) is 24.3 Å². The van der Waals surface area contributed by atoms with Crippen molar-refractivity contribution >= 4 is 23.9 Å². The first-order chi connectivity index (χ1) is 17.1. The topological polar surface area (TPSA) is 222 Å². The van der Waals surface area contributed by atoms with Gasteiger partial charge in [-0.25, -0.2) is 0 Å². The number of nitrogens with two attached hydrogens (primary N) is 3. The molecule has 0 saturated carbocycles. The summed E-state index contributed by atoms with van der Waals surface area (Å²) >= 11 is 0. The predicted molar refractivity (Wildman–Crippen MR) is 136 cm³/mol. The molecule has 0 aliphatic rings. The van der Waals surface area contributed by atoms with Gasteiger partial charge in [-0.05, 0) is 37.6 Å². The fourth-order valence-corrected chi connectivity index (χ4v) is 2.18. The third-order valence-electron chi connectivity index (χ3n) is 4.24. The minimum atomic E-state index is -0.933. The zero-order valence-corrected chi connectivity index (χ0v) is 20.5. The Kier molecular flexibility index (Phi) is 20.6. The summed E-state index contributed by atoms with van der Waals surface area (Å²) in [6.45, 7) is 2.73. The SMILES string of the molecule is CCC(=O)O.COc1ccccc1CN.NCCCC[C@H](N)C(=O)O.O=Cc1ccc([N+](=O)[O-])cc1. The number of aliphatic carboxylic acids is 2. The molecule has 0 heterocycles. The van der Waals surface area contributed by atoms with E-state index < -0.39 is 22.9 Å². The number of rotatable bonds is 10. The average molecular weight is 509 g/mol. The molecule has 0 spiro atoms. The van der Waals surface area contributed by atoms with E-state index in [4.69, 9.17) is 32.2 Å². The van der Waals surface area contributed by atoms with Crippen molar-refractivity contribution < 1.29 is 34.3 Å². The number of benzene rings is 2. The highest BCUT2D eigenvalue weighted by molar-refractivity contribution is 5.75.